The molecule has 0 spiro atoms. The van der Waals surface area contributed by atoms with E-state index in [9.17, 15) is 4.39 Å². The molecule has 18 heavy (non-hydrogen) atoms. The fraction of sp³-hybridized carbons (Fsp3) is 0.625. The van der Waals surface area contributed by atoms with Gasteiger partial charge in [-0.1, -0.05) is 25.1 Å². The molecule has 1 atom stereocenters. The highest BCUT2D eigenvalue weighted by Crippen LogP contribution is 2.34. The van der Waals surface area contributed by atoms with E-state index >= 15 is 0 Å². The zero-order valence-electron chi connectivity index (χ0n) is 11.3. The molecule has 0 bridgehead atoms. The number of rotatable bonds is 8. The SMILES string of the molecule is CCCNC(CCCc1ccccc1F)C1CC1. The highest BCUT2D eigenvalue weighted by Gasteiger charge is 2.30. The molecule has 1 aliphatic rings. The van der Waals surface area contributed by atoms with Crippen LogP contribution in [0.15, 0.2) is 24.3 Å². The van der Waals surface area contributed by atoms with Crippen molar-refractivity contribution in [1.82, 2.24) is 5.32 Å². The molecule has 1 unspecified atom stereocenters. The van der Waals surface area contributed by atoms with Gasteiger partial charge < -0.3 is 5.32 Å². The van der Waals surface area contributed by atoms with Crippen LogP contribution in [0.3, 0.4) is 0 Å². The van der Waals surface area contributed by atoms with E-state index in [0.717, 1.165) is 30.9 Å². The number of halogens is 1. The standard InChI is InChI=1S/C16H24FN/c1-2-12-18-16(14-10-11-14)9-5-7-13-6-3-4-8-15(13)17/h3-4,6,8,14,16,18H,2,5,7,9-12H2,1H3. The van der Waals surface area contributed by atoms with Gasteiger partial charge in [0.15, 0.2) is 0 Å². The molecular weight excluding hydrogens is 225 g/mol. The van der Waals surface area contributed by atoms with Crippen molar-refractivity contribution < 1.29 is 4.39 Å². The Morgan fingerprint density at radius 1 is 1.33 bits per heavy atom. The van der Waals surface area contributed by atoms with E-state index < -0.39 is 0 Å². The number of hydrogen-bond donors (Lipinski definition) is 1. The first kappa shape index (κ1) is 13.5. The summed E-state index contributed by atoms with van der Waals surface area (Å²) >= 11 is 0. The maximum atomic E-state index is 13.5. The van der Waals surface area contributed by atoms with Crippen LogP contribution in [-0.2, 0) is 6.42 Å². The topological polar surface area (TPSA) is 12.0 Å². The van der Waals surface area contributed by atoms with Crippen LogP contribution in [0.5, 0.6) is 0 Å². The third-order valence-corrected chi connectivity index (χ3v) is 3.77. The summed E-state index contributed by atoms with van der Waals surface area (Å²) in [6, 6.07) is 7.81. The summed E-state index contributed by atoms with van der Waals surface area (Å²) < 4.78 is 13.5. The second kappa shape index (κ2) is 6.89. The summed E-state index contributed by atoms with van der Waals surface area (Å²) in [5.74, 6) is 0.833. The molecule has 2 rings (SSSR count). The first-order valence-corrected chi connectivity index (χ1v) is 7.28. The van der Waals surface area contributed by atoms with Crippen molar-refractivity contribution in [3.63, 3.8) is 0 Å². The number of hydrogen-bond acceptors (Lipinski definition) is 1. The van der Waals surface area contributed by atoms with E-state index in [1.807, 2.05) is 12.1 Å². The minimum atomic E-state index is -0.0537. The lowest BCUT2D eigenvalue weighted by Gasteiger charge is -2.17. The zero-order chi connectivity index (χ0) is 12.8. The first-order chi connectivity index (χ1) is 8.81. The maximum Gasteiger partial charge on any atom is 0.126 e. The van der Waals surface area contributed by atoms with Gasteiger partial charge in [0.25, 0.3) is 0 Å². The number of aryl methyl sites for hydroxylation is 1. The summed E-state index contributed by atoms with van der Waals surface area (Å²) in [6.07, 6.45) is 7.07. The molecule has 1 nitrogen and oxygen atoms in total. The highest BCUT2D eigenvalue weighted by molar-refractivity contribution is 5.17. The first-order valence-electron chi connectivity index (χ1n) is 7.28. The molecule has 0 aliphatic heterocycles. The normalized spacial score (nSPS) is 16.8. The molecule has 1 N–H and O–H groups in total. The largest absolute Gasteiger partial charge is 0.314 e. The number of nitrogens with one attached hydrogen (secondary N) is 1. The van der Waals surface area contributed by atoms with Crippen LogP contribution < -0.4 is 5.32 Å². The second-order valence-corrected chi connectivity index (χ2v) is 5.38. The Hall–Kier alpha value is -0.890. The van der Waals surface area contributed by atoms with Gasteiger partial charge in [-0.2, -0.15) is 0 Å². The molecule has 0 saturated heterocycles. The van der Waals surface area contributed by atoms with E-state index in [0.29, 0.717) is 6.04 Å². The van der Waals surface area contributed by atoms with E-state index in [-0.39, 0.29) is 5.82 Å². The lowest BCUT2D eigenvalue weighted by atomic mass is 10.0. The zero-order valence-corrected chi connectivity index (χ0v) is 11.3. The average molecular weight is 249 g/mol. The molecule has 0 amide bonds. The van der Waals surface area contributed by atoms with Crippen LogP contribution in [0, 0.1) is 11.7 Å². The Balaban J connectivity index is 1.74. The molecule has 1 aliphatic carbocycles. The van der Waals surface area contributed by atoms with Gasteiger partial charge in [-0.25, -0.2) is 4.39 Å². The Labute approximate surface area is 110 Å². The van der Waals surface area contributed by atoms with Crippen molar-refractivity contribution >= 4 is 0 Å². The molecule has 0 heterocycles. The summed E-state index contributed by atoms with van der Waals surface area (Å²) in [7, 11) is 0. The second-order valence-electron chi connectivity index (χ2n) is 5.38. The Morgan fingerprint density at radius 2 is 2.11 bits per heavy atom. The lowest BCUT2D eigenvalue weighted by Crippen LogP contribution is -2.31. The third kappa shape index (κ3) is 4.09. The monoisotopic (exact) mass is 249 g/mol. The van der Waals surface area contributed by atoms with Gasteiger partial charge in [0.2, 0.25) is 0 Å². The van der Waals surface area contributed by atoms with E-state index in [2.05, 4.69) is 12.2 Å². The minimum Gasteiger partial charge on any atom is -0.314 e. The van der Waals surface area contributed by atoms with Crippen LogP contribution in [0.2, 0.25) is 0 Å². The quantitative estimate of drug-likeness (QED) is 0.736. The van der Waals surface area contributed by atoms with Crippen LogP contribution in [0.4, 0.5) is 4.39 Å². The Morgan fingerprint density at radius 3 is 2.78 bits per heavy atom. The molecule has 0 radical (unpaired) electrons. The molecule has 2 heteroatoms. The molecule has 1 aromatic carbocycles. The smallest absolute Gasteiger partial charge is 0.126 e. The molecule has 1 aromatic rings. The van der Waals surface area contributed by atoms with E-state index in [1.54, 1.807) is 12.1 Å². The van der Waals surface area contributed by atoms with Crippen molar-refractivity contribution in [2.75, 3.05) is 6.54 Å². The summed E-state index contributed by atoms with van der Waals surface area (Å²) in [5.41, 5.74) is 0.863. The van der Waals surface area contributed by atoms with Crippen LogP contribution >= 0.6 is 0 Å². The van der Waals surface area contributed by atoms with Gasteiger partial charge in [0, 0.05) is 6.04 Å². The fourth-order valence-electron chi connectivity index (χ4n) is 2.55. The molecule has 1 saturated carbocycles. The van der Waals surface area contributed by atoms with Crippen molar-refractivity contribution in [3.8, 4) is 0 Å². The van der Waals surface area contributed by atoms with Crippen molar-refractivity contribution in [2.45, 2.75) is 51.5 Å². The van der Waals surface area contributed by atoms with E-state index in [4.69, 9.17) is 0 Å². The summed E-state index contributed by atoms with van der Waals surface area (Å²) in [6.45, 7) is 3.32. The fourth-order valence-corrected chi connectivity index (χ4v) is 2.55. The lowest BCUT2D eigenvalue weighted by molar-refractivity contribution is 0.423. The number of benzene rings is 1. The predicted octanol–water partition coefficient (Wildman–Crippen LogP) is 3.93. The molecular formula is C16H24FN. The van der Waals surface area contributed by atoms with Gasteiger partial charge in [0.1, 0.15) is 5.82 Å². The van der Waals surface area contributed by atoms with Crippen molar-refractivity contribution in [3.05, 3.63) is 35.6 Å². The van der Waals surface area contributed by atoms with Gasteiger partial charge in [-0.05, 0) is 62.6 Å². The van der Waals surface area contributed by atoms with Crippen molar-refractivity contribution in [1.29, 1.82) is 0 Å². The summed E-state index contributed by atoms with van der Waals surface area (Å²) in [4.78, 5) is 0. The Bertz CT molecular complexity index is 360. The van der Waals surface area contributed by atoms with Crippen molar-refractivity contribution in [2.24, 2.45) is 5.92 Å². The Kier molecular flexibility index (Phi) is 5.18. The minimum absolute atomic E-state index is 0.0537. The average Bonchev–Trinajstić information content (AvgIpc) is 3.20. The molecule has 100 valence electrons. The maximum absolute atomic E-state index is 13.5. The van der Waals surface area contributed by atoms with Gasteiger partial charge >= 0.3 is 0 Å². The third-order valence-electron chi connectivity index (χ3n) is 3.77. The highest BCUT2D eigenvalue weighted by atomic mass is 19.1. The predicted molar refractivity (Wildman–Crippen MR) is 74.1 cm³/mol. The van der Waals surface area contributed by atoms with Gasteiger partial charge in [-0.15, -0.1) is 0 Å². The van der Waals surface area contributed by atoms with Gasteiger partial charge in [0.05, 0.1) is 0 Å². The molecule has 1 fully saturated rings. The summed E-state index contributed by atoms with van der Waals surface area (Å²) in [5, 5.41) is 3.64. The van der Waals surface area contributed by atoms with E-state index in [1.165, 1.54) is 25.7 Å². The molecule has 0 aromatic heterocycles. The van der Waals surface area contributed by atoms with Gasteiger partial charge in [-0.3, -0.25) is 0 Å². The van der Waals surface area contributed by atoms with Crippen LogP contribution in [0.1, 0.15) is 44.6 Å². The van der Waals surface area contributed by atoms with Crippen LogP contribution in [-0.4, -0.2) is 12.6 Å². The van der Waals surface area contributed by atoms with Crippen LogP contribution in [0.25, 0.3) is 0 Å².